The molecule has 1 atom stereocenters. The lowest BCUT2D eigenvalue weighted by Crippen LogP contribution is -2.50. The summed E-state index contributed by atoms with van der Waals surface area (Å²) in [4.78, 5) is 16.5. The Morgan fingerprint density at radius 1 is 1.00 bits per heavy atom. The number of rotatable bonds is 7. The Morgan fingerprint density at radius 3 is 2.17 bits per heavy atom. The number of amides is 1. The smallest absolute Gasteiger partial charge is 0.236 e. The summed E-state index contributed by atoms with van der Waals surface area (Å²) < 4.78 is 26.7. The van der Waals surface area contributed by atoms with Crippen LogP contribution < -0.4 is 0 Å². The van der Waals surface area contributed by atoms with Gasteiger partial charge >= 0.3 is 0 Å². The number of hydrogen-bond donors (Lipinski definition) is 0. The zero-order valence-corrected chi connectivity index (χ0v) is 18.3. The predicted octanol–water partition coefficient (Wildman–Crippen LogP) is 2.82. The van der Waals surface area contributed by atoms with E-state index in [2.05, 4.69) is 0 Å². The highest BCUT2D eigenvalue weighted by molar-refractivity contribution is 7.92. The van der Waals surface area contributed by atoms with Crippen molar-refractivity contribution in [1.82, 2.24) is 14.1 Å². The van der Waals surface area contributed by atoms with Crippen molar-refractivity contribution in [3.8, 4) is 0 Å². The maximum Gasteiger partial charge on any atom is 0.236 e. The van der Waals surface area contributed by atoms with Crippen molar-refractivity contribution in [2.45, 2.75) is 13.0 Å². The van der Waals surface area contributed by atoms with Crippen molar-refractivity contribution in [3.63, 3.8) is 0 Å². The quantitative estimate of drug-likeness (QED) is 0.682. The lowest BCUT2D eigenvalue weighted by atomic mass is 10.1. The zero-order chi connectivity index (χ0) is 21.6. The van der Waals surface area contributed by atoms with Crippen LogP contribution in [-0.2, 0) is 14.8 Å². The number of carbonyl (C=O) groups excluding carboxylic acids is 1. The minimum atomic E-state index is -3.47. The van der Waals surface area contributed by atoms with Gasteiger partial charge < -0.3 is 4.90 Å². The molecule has 1 amide bonds. The van der Waals surface area contributed by atoms with Crippen molar-refractivity contribution >= 4 is 22.0 Å². The summed E-state index contributed by atoms with van der Waals surface area (Å²) in [6.07, 6.45) is 1.62. The monoisotopic (exact) mass is 427 g/mol. The molecule has 160 valence electrons. The molecular weight excluding hydrogens is 398 g/mol. The van der Waals surface area contributed by atoms with Gasteiger partial charge in [0.25, 0.3) is 0 Å². The zero-order valence-electron chi connectivity index (χ0n) is 17.5. The van der Waals surface area contributed by atoms with E-state index in [9.17, 15) is 13.2 Å². The molecule has 0 aliphatic carbocycles. The lowest BCUT2D eigenvalue weighted by molar-refractivity contribution is -0.133. The minimum absolute atomic E-state index is 0.0107. The Bertz CT molecular complexity index is 954. The first-order valence-electron chi connectivity index (χ1n) is 10.1. The third kappa shape index (κ3) is 5.78. The van der Waals surface area contributed by atoms with E-state index in [1.807, 2.05) is 79.5 Å². The average Bonchev–Trinajstić information content (AvgIpc) is 2.78. The predicted molar refractivity (Wildman–Crippen MR) is 120 cm³/mol. The first-order chi connectivity index (χ1) is 14.4. The van der Waals surface area contributed by atoms with Crippen LogP contribution in [0.3, 0.4) is 0 Å². The summed E-state index contributed by atoms with van der Waals surface area (Å²) in [5.41, 5.74) is 1.94. The van der Waals surface area contributed by atoms with Crippen LogP contribution in [0.5, 0.6) is 0 Å². The van der Waals surface area contributed by atoms with Gasteiger partial charge in [0.05, 0.1) is 12.6 Å². The highest BCUT2D eigenvalue weighted by Crippen LogP contribution is 2.19. The Balaban J connectivity index is 1.51. The Hall–Kier alpha value is -2.48. The summed E-state index contributed by atoms with van der Waals surface area (Å²) in [6.45, 7) is 4.15. The molecule has 0 spiro atoms. The summed E-state index contributed by atoms with van der Waals surface area (Å²) >= 11 is 0. The van der Waals surface area contributed by atoms with Crippen molar-refractivity contribution in [2.75, 3.05) is 39.8 Å². The molecule has 2 aromatic carbocycles. The van der Waals surface area contributed by atoms with Crippen LogP contribution in [0.15, 0.2) is 66.1 Å². The Morgan fingerprint density at radius 2 is 1.57 bits per heavy atom. The van der Waals surface area contributed by atoms with Gasteiger partial charge in [0.1, 0.15) is 0 Å². The highest BCUT2D eigenvalue weighted by Gasteiger charge is 2.27. The fraction of sp³-hybridized carbons (Fsp3) is 0.348. The maximum absolute atomic E-state index is 12.7. The van der Waals surface area contributed by atoms with Gasteiger partial charge in [0.2, 0.25) is 15.9 Å². The van der Waals surface area contributed by atoms with Crippen LogP contribution in [0.2, 0.25) is 0 Å². The van der Waals surface area contributed by atoms with E-state index in [4.69, 9.17) is 0 Å². The maximum atomic E-state index is 12.7. The topological polar surface area (TPSA) is 60.9 Å². The molecule has 0 bridgehead atoms. The lowest BCUT2D eigenvalue weighted by Gasteiger charge is -2.34. The number of carbonyl (C=O) groups is 1. The molecule has 1 aliphatic rings. The molecule has 0 aromatic heterocycles. The van der Waals surface area contributed by atoms with Gasteiger partial charge in [0, 0.05) is 38.6 Å². The van der Waals surface area contributed by atoms with E-state index in [0.29, 0.717) is 32.7 Å². The molecule has 3 rings (SSSR count). The second-order valence-corrected chi connectivity index (χ2v) is 9.34. The number of hydrogen-bond acceptors (Lipinski definition) is 4. The number of benzene rings is 2. The van der Waals surface area contributed by atoms with E-state index >= 15 is 0 Å². The van der Waals surface area contributed by atoms with Crippen LogP contribution in [0.1, 0.15) is 24.1 Å². The summed E-state index contributed by atoms with van der Waals surface area (Å²) in [6, 6.07) is 19.3. The summed E-state index contributed by atoms with van der Waals surface area (Å²) in [5, 5.41) is 1.26. The first kappa shape index (κ1) is 22.2. The summed E-state index contributed by atoms with van der Waals surface area (Å²) in [5.74, 6) is 0.0339. The minimum Gasteiger partial charge on any atom is -0.338 e. The Kier molecular flexibility index (Phi) is 7.42. The fourth-order valence-electron chi connectivity index (χ4n) is 3.43. The van der Waals surface area contributed by atoms with Crippen LogP contribution >= 0.6 is 0 Å². The van der Waals surface area contributed by atoms with Crippen LogP contribution in [0.25, 0.3) is 6.08 Å². The van der Waals surface area contributed by atoms with Gasteiger partial charge in [-0.05, 0) is 24.1 Å². The first-order valence-corrected chi connectivity index (χ1v) is 11.6. The van der Waals surface area contributed by atoms with E-state index in [1.165, 1.54) is 9.71 Å². The molecule has 1 aliphatic heterocycles. The van der Waals surface area contributed by atoms with Crippen molar-refractivity contribution in [1.29, 1.82) is 0 Å². The molecule has 0 unspecified atom stereocenters. The number of nitrogens with zero attached hydrogens (tertiary/aromatic N) is 3. The van der Waals surface area contributed by atoms with Crippen molar-refractivity contribution in [3.05, 3.63) is 77.2 Å². The molecule has 6 nitrogen and oxygen atoms in total. The molecule has 0 saturated carbocycles. The van der Waals surface area contributed by atoms with Crippen molar-refractivity contribution in [2.24, 2.45) is 0 Å². The van der Waals surface area contributed by atoms with E-state index < -0.39 is 10.0 Å². The molecule has 1 fully saturated rings. The van der Waals surface area contributed by atoms with Gasteiger partial charge in [-0.2, -0.15) is 4.31 Å². The molecule has 30 heavy (non-hydrogen) atoms. The van der Waals surface area contributed by atoms with Crippen LogP contribution in [0.4, 0.5) is 0 Å². The number of piperazine rings is 1. The third-order valence-electron chi connectivity index (χ3n) is 5.54. The van der Waals surface area contributed by atoms with Gasteiger partial charge in [0.15, 0.2) is 0 Å². The SMILES string of the molecule is C[C@H](c1ccccc1)N(C)C(=O)CN1CCN(S(=O)(=O)/C=C/c2ccccc2)CC1. The molecule has 1 heterocycles. The largest absolute Gasteiger partial charge is 0.338 e. The molecule has 1 saturated heterocycles. The number of likely N-dealkylation sites (N-methyl/N-ethyl adjacent to an activating group) is 1. The fourth-order valence-corrected chi connectivity index (χ4v) is 4.60. The van der Waals surface area contributed by atoms with Gasteiger partial charge in [-0.25, -0.2) is 8.42 Å². The highest BCUT2D eigenvalue weighted by atomic mass is 32.2. The molecule has 2 aromatic rings. The van der Waals surface area contributed by atoms with Gasteiger partial charge in [-0.1, -0.05) is 60.7 Å². The van der Waals surface area contributed by atoms with Gasteiger partial charge in [-0.15, -0.1) is 0 Å². The average molecular weight is 428 g/mol. The van der Waals surface area contributed by atoms with E-state index in [-0.39, 0.29) is 11.9 Å². The van der Waals surface area contributed by atoms with E-state index in [0.717, 1.165) is 11.1 Å². The molecular formula is C23H29N3O3S. The summed E-state index contributed by atoms with van der Waals surface area (Å²) in [7, 11) is -1.65. The molecule has 0 N–H and O–H groups in total. The normalized spacial score (nSPS) is 17.1. The molecule has 7 heteroatoms. The number of sulfonamides is 1. The third-order valence-corrected chi connectivity index (χ3v) is 7.10. The second kappa shape index (κ2) is 10.0. The Labute approximate surface area is 179 Å². The second-order valence-electron chi connectivity index (χ2n) is 7.52. The van der Waals surface area contributed by atoms with Crippen molar-refractivity contribution < 1.29 is 13.2 Å². The molecule has 0 radical (unpaired) electrons. The van der Waals surface area contributed by atoms with Crippen LogP contribution in [-0.4, -0.2) is 68.2 Å². The standard InChI is InChI=1S/C23H29N3O3S/c1-20(22-11-7-4-8-12-22)24(2)23(27)19-25-14-16-26(17-15-25)30(28,29)18-13-21-9-5-3-6-10-21/h3-13,18,20H,14-17,19H2,1-2H3/b18-13+/t20-/m1/s1. The van der Waals surface area contributed by atoms with Crippen LogP contribution in [0, 0.1) is 0 Å². The van der Waals surface area contributed by atoms with Gasteiger partial charge in [-0.3, -0.25) is 9.69 Å². The van der Waals surface area contributed by atoms with E-state index in [1.54, 1.807) is 11.0 Å².